The van der Waals surface area contributed by atoms with E-state index in [1.165, 1.54) is 0 Å². The molecule has 4 nitrogen and oxygen atoms in total. The third-order valence-electron chi connectivity index (χ3n) is 3.51. The smallest absolute Gasteiger partial charge is 0.336 e. The molecule has 1 N–H and O–H groups in total. The van der Waals surface area contributed by atoms with Crippen molar-refractivity contribution in [3.63, 3.8) is 0 Å². The van der Waals surface area contributed by atoms with Gasteiger partial charge in [-0.05, 0) is 35.9 Å². The number of rotatable bonds is 4. The van der Waals surface area contributed by atoms with Gasteiger partial charge in [-0.15, -0.1) is 0 Å². The minimum atomic E-state index is -0.959. The molecule has 1 aromatic heterocycles. The van der Waals surface area contributed by atoms with Gasteiger partial charge in [0.15, 0.2) is 0 Å². The molecule has 4 heteroatoms. The number of benzene rings is 2. The number of hydrogen-bond acceptors (Lipinski definition) is 3. The Morgan fingerprint density at radius 1 is 1.09 bits per heavy atom. The molecular formula is C19H15NO3. The highest BCUT2D eigenvalue weighted by molar-refractivity contribution is 6.03. The Hall–Kier alpha value is -3.14. The Morgan fingerprint density at radius 3 is 2.70 bits per heavy atom. The van der Waals surface area contributed by atoms with Gasteiger partial charge in [-0.1, -0.05) is 36.4 Å². The summed E-state index contributed by atoms with van der Waals surface area (Å²) in [6, 6.07) is 16.4. The number of nitrogens with zero attached hydrogens (tertiary/aromatic N) is 1. The first-order valence-electron chi connectivity index (χ1n) is 7.12. The number of para-hydroxylation sites is 1. The molecule has 0 aliphatic rings. The van der Waals surface area contributed by atoms with Crippen LogP contribution in [-0.2, 0) is 0 Å². The fourth-order valence-electron chi connectivity index (χ4n) is 2.39. The molecule has 0 aliphatic carbocycles. The van der Waals surface area contributed by atoms with Crippen molar-refractivity contribution >= 4 is 29.0 Å². The molecule has 0 saturated carbocycles. The number of carboxylic acids is 1. The van der Waals surface area contributed by atoms with E-state index in [2.05, 4.69) is 4.98 Å². The molecule has 114 valence electrons. The van der Waals surface area contributed by atoms with Gasteiger partial charge in [0.25, 0.3) is 0 Å². The highest BCUT2D eigenvalue weighted by Crippen LogP contribution is 2.20. The van der Waals surface area contributed by atoms with Crippen molar-refractivity contribution in [2.75, 3.05) is 7.11 Å². The van der Waals surface area contributed by atoms with Crippen LogP contribution in [0.1, 0.15) is 21.6 Å². The minimum Gasteiger partial charge on any atom is -0.497 e. The monoisotopic (exact) mass is 305 g/mol. The molecular weight excluding hydrogens is 290 g/mol. The molecule has 2 aromatic carbocycles. The second kappa shape index (κ2) is 6.32. The number of fused-ring (bicyclic) bond motifs is 1. The van der Waals surface area contributed by atoms with Crippen LogP contribution in [0.15, 0.2) is 54.6 Å². The van der Waals surface area contributed by atoms with Crippen molar-refractivity contribution in [3.8, 4) is 5.75 Å². The highest BCUT2D eigenvalue weighted by atomic mass is 16.5. The van der Waals surface area contributed by atoms with Crippen molar-refractivity contribution in [3.05, 3.63) is 71.4 Å². The number of pyridine rings is 1. The zero-order valence-corrected chi connectivity index (χ0v) is 12.6. The predicted octanol–water partition coefficient (Wildman–Crippen LogP) is 4.11. The Balaban J connectivity index is 2.02. The maximum Gasteiger partial charge on any atom is 0.336 e. The maximum absolute atomic E-state index is 11.5. The Kier molecular flexibility index (Phi) is 4.06. The van der Waals surface area contributed by atoms with Gasteiger partial charge in [-0.2, -0.15) is 0 Å². The molecule has 0 spiro atoms. The lowest BCUT2D eigenvalue weighted by Crippen LogP contribution is -2.00. The van der Waals surface area contributed by atoms with E-state index in [9.17, 15) is 9.90 Å². The molecule has 0 fully saturated rings. The van der Waals surface area contributed by atoms with Crippen molar-refractivity contribution in [2.24, 2.45) is 0 Å². The van der Waals surface area contributed by atoms with E-state index in [-0.39, 0.29) is 5.56 Å². The molecule has 0 saturated heterocycles. The molecule has 0 bridgehead atoms. The fraction of sp³-hybridized carbons (Fsp3) is 0.0526. The number of aromatic carboxylic acids is 1. The summed E-state index contributed by atoms with van der Waals surface area (Å²) in [5.74, 6) is -0.190. The summed E-state index contributed by atoms with van der Waals surface area (Å²) in [7, 11) is 1.62. The van der Waals surface area contributed by atoms with Crippen LogP contribution >= 0.6 is 0 Å². The van der Waals surface area contributed by atoms with Gasteiger partial charge in [0.1, 0.15) is 5.75 Å². The van der Waals surface area contributed by atoms with Crippen LogP contribution in [0, 0.1) is 0 Å². The molecule has 0 amide bonds. The number of carbonyl (C=O) groups is 1. The molecule has 0 unspecified atom stereocenters. The number of ether oxygens (including phenoxy) is 1. The van der Waals surface area contributed by atoms with E-state index < -0.39 is 5.97 Å². The second-order valence-corrected chi connectivity index (χ2v) is 5.03. The van der Waals surface area contributed by atoms with E-state index in [4.69, 9.17) is 4.74 Å². The fourth-order valence-corrected chi connectivity index (χ4v) is 2.39. The summed E-state index contributed by atoms with van der Waals surface area (Å²) < 4.78 is 5.19. The highest BCUT2D eigenvalue weighted by Gasteiger charge is 2.10. The second-order valence-electron chi connectivity index (χ2n) is 5.03. The topological polar surface area (TPSA) is 59.4 Å². The molecule has 0 atom stereocenters. The first-order chi connectivity index (χ1) is 11.2. The van der Waals surface area contributed by atoms with Crippen LogP contribution in [0.2, 0.25) is 0 Å². The first kappa shape index (κ1) is 14.8. The molecule has 0 aliphatic heterocycles. The zero-order chi connectivity index (χ0) is 16.2. The summed E-state index contributed by atoms with van der Waals surface area (Å²) in [4.78, 5) is 16.0. The molecule has 0 radical (unpaired) electrons. The largest absolute Gasteiger partial charge is 0.497 e. The van der Waals surface area contributed by atoms with E-state index in [1.807, 2.05) is 48.5 Å². The number of methoxy groups -OCH3 is 1. The Labute approximate surface area is 133 Å². The lowest BCUT2D eigenvalue weighted by Gasteiger charge is -2.04. The summed E-state index contributed by atoms with van der Waals surface area (Å²) in [5.41, 5.74) is 2.47. The predicted molar refractivity (Wildman–Crippen MR) is 90.6 cm³/mol. The standard InChI is InChI=1S/C19H15NO3/c1-23-15-6-4-5-13(11-15)9-10-14-12-17(19(21)22)16-7-2-3-8-18(16)20-14/h2-12H,1H3,(H,21,22). The summed E-state index contributed by atoms with van der Waals surface area (Å²) in [5, 5.41) is 10.0. The van der Waals surface area contributed by atoms with Crippen LogP contribution in [0.4, 0.5) is 0 Å². The van der Waals surface area contributed by atoms with E-state index in [0.29, 0.717) is 16.6 Å². The number of aromatic nitrogens is 1. The lowest BCUT2D eigenvalue weighted by atomic mass is 10.1. The normalized spacial score (nSPS) is 11.0. The maximum atomic E-state index is 11.5. The van der Waals surface area contributed by atoms with E-state index in [1.54, 1.807) is 25.3 Å². The zero-order valence-electron chi connectivity index (χ0n) is 12.6. The molecule has 1 heterocycles. The van der Waals surface area contributed by atoms with Gasteiger partial charge >= 0.3 is 5.97 Å². The van der Waals surface area contributed by atoms with Crippen LogP contribution in [0.25, 0.3) is 23.1 Å². The van der Waals surface area contributed by atoms with Gasteiger partial charge in [0.05, 0.1) is 23.9 Å². The van der Waals surface area contributed by atoms with Crippen LogP contribution in [-0.4, -0.2) is 23.2 Å². The van der Waals surface area contributed by atoms with Crippen molar-refractivity contribution < 1.29 is 14.6 Å². The lowest BCUT2D eigenvalue weighted by molar-refractivity contribution is 0.0699. The Morgan fingerprint density at radius 2 is 1.91 bits per heavy atom. The molecule has 23 heavy (non-hydrogen) atoms. The minimum absolute atomic E-state index is 0.251. The van der Waals surface area contributed by atoms with Crippen molar-refractivity contribution in [1.82, 2.24) is 4.98 Å². The van der Waals surface area contributed by atoms with Gasteiger partial charge < -0.3 is 9.84 Å². The third kappa shape index (κ3) is 3.21. The third-order valence-corrected chi connectivity index (χ3v) is 3.51. The van der Waals surface area contributed by atoms with Crippen molar-refractivity contribution in [2.45, 2.75) is 0 Å². The van der Waals surface area contributed by atoms with Gasteiger partial charge in [0.2, 0.25) is 0 Å². The van der Waals surface area contributed by atoms with Crippen molar-refractivity contribution in [1.29, 1.82) is 0 Å². The van der Waals surface area contributed by atoms with Crippen LogP contribution < -0.4 is 4.74 Å². The van der Waals surface area contributed by atoms with E-state index >= 15 is 0 Å². The average Bonchev–Trinajstić information content (AvgIpc) is 2.59. The quantitative estimate of drug-likeness (QED) is 0.788. The summed E-state index contributed by atoms with van der Waals surface area (Å²) >= 11 is 0. The first-order valence-corrected chi connectivity index (χ1v) is 7.12. The molecule has 3 aromatic rings. The average molecular weight is 305 g/mol. The van der Waals surface area contributed by atoms with E-state index in [0.717, 1.165) is 11.3 Å². The molecule has 3 rings (SSSR count). The van der Waals surface area contributed by atoms with Gasteiger partial charge in [0, 0.05) is 5.39 Å². The Bertz CT molecular complexity index is 900. The van der Waals surface area contributed by atoms with Crippen LogP contribution in [0.3, 0.4) is 0 Å². The number of hydrogen-bond donors (Lipinski definition) is 1. The van der Waals surface area contributed by atoms with Gasteiger partial charge in [-0.3, -0.25) is 0 Å². The summed E-state index contributed by atoms with van der Waals surface area (Å²) in [6.07, 6.45) is 3.68. The summed E-state index contributed by atoms with van der Waals surface area (Å²) in [6.45, 7) is 0. The van der Waals surface area contributed by atoms with Crippen LogP contribution in [0.5, 0.6) is 5.75 Å². The number of carboxylic acid groups (broad SMARTS) is 1. The van der Waals surface area contributed by atoms with Gasteiger partial charge in [-0.25, -0.2) is 9.78 Å². The SMILES string of the molecule is COc1cccc(C=Cc2cc(C(=O)O)c3ccccc3n2)c1.